The van der Waals surface area contributed by atoms with Crippen LogP contribution in [0, 0.1) is 30.3 Å². The van der Waals surface area contributed by atoms with Crippen LogP contribution in [0.3, 0.4) is 0 Å². The third-order valence-corrected chi connectivity index (χ3v) is 2.87. The molecular weight excluding hydrogens is 354 g/mol. The largest absolute Gasteiger partial charge is 0.299 e. The minimum absolute atomic E-state index is 0.00176. The van der Waals surface area contributed by atoms with Crippen molar-refractivity contribution in [3.63, 3.8) is 0 Å². The fourth-order valence-electron chi connectivity index (χ4n) is 1.92. The van der Waals surface area contributed by atoms with Crippen molar-refractivity contribution in [2.45, 2.75) is 0 Å². The van der Waals surface area contributed by atoms with Gasteiger partial charge in [-0.05, 0) is 11.6 Å². The summed E-state index contributed by atoms with van der Waals surface area (Å²) in [5.41, 5.74) is 0.722. The van der Waals surface area contributed by atoms with Gasteiger partial charge in [0.25, 0.3) is 15.3 Å². The maximum absolute atomic E-state index is 10.7. The van der Waals surface area contributed by atoms with Crippen LogP contribution in [0.25, 0.3) is 12.2 Å². The number of benzene rings is 2. The summed E-state index contributed by atoms with van der Waals surface area (Å²) >= 11 is 0. The second kappa shape index (κ2) is 8.05. The van der Waals surface area contributed by atoms with Gasteiger partial charge in [0.15, 0.2) is 17.2 Å². The molecule has 0 radical (unpaired) electrons. The zero-order valence-electron chi connectivity index (χ0n) is 12.7. The van der Waals surface area contributed by atoms with Crippen LogP contribution in [0.15, 0.2) is 42.5 Å². The van der Waals surface area contributed by atoms with Gasteiger partial charge in [0.1, 0.15) is 0 Å². The van der Waals surface area contributed by atoms with Gasteiger partial charge in [-0.25, -0.2) is 0 Å². The van der Waals surface area contributed by atoms with E-state index in [0.29, 0.717) is 0 Å². The Hall–Kier alpha value is -4.22. The molecule has 0 saturated heterocycles. The number of rotatable bonds is 8. The van der Waals surface area contributed by atoms with Gasteiger partial charge in [-0.3, -0.25) is 14.5 Å². The van der Waals surface area contributed by atoms with Gasteiger partial charge in [0.2, 0.25) is 0 Å². The molecule has 0 bridgehead atoms. The van der Waals surface area contributed by atoms with E-state index in [1.54, 1.807) is 36.4 Å². The number of hydrogen-bond acceptors (Lipinski definition) is 9. The third kappa shape index (κ3) is 4.89. The molecule has 0 spiro atoms. The molecule has 134 valence electrons. The molecule has 2 rings (SSSR count). The lowest BCUT2D eigenvalue weighted by Gasteiger charge is -2.12. The van der Waals surface area contributed by atoms with E-state index in [4.69, 9.17) is 0 Å². The zero-order valence-corrected chi connectivity index (χ0v) is 12.7. The normalized spacial score (nSPS) is 10.3. The first kappa shape index (κ1) is 18.1. The SMILES string of the molecule is O=[N+]([O-])Oc1ccc(/C=C/c2ccccc2)c(O[N+](=O)[O-])c1O[N+](=O)[O-]. The molecule has 2 aromatic rings. The maximum Gasteiger partial charge on any atom is 0.299 e. The standard InChI is InChI=1S/C14H9N3O9/c18-15(19)24-12-9-8-11(7-6-10-4-2-1-3-5-10)13(25-16(20)21)14(12)26-17(22)23/h1-9H/b7-6+. The fourth-order valence-corrected chi connectivity index (χ4v) is 1.92. The van der Waals surface area contributed by atoms with E-state index in [9.17, 15) is 30.3 Å². The Morgan fingerprint density at radius 3 is 1.85 bits per heavy atom. The molecule has 0 fully saturated rings. The van der Waals surface area contributed by atoms with Crippen molar-refractivity contribution in [1.82, 2.24) is 0 Å². The van der Waals surface area contributed by atoms with E-state index >= 15 is 0 Å². The topological polar surface area (TPSA) is 157 Å². The summed E-state index contributed by atoms with van der Waals surface area (Å²) in [7, 11) is 0. The monoisotopic (exact) mass is 363 g/mol. The molecule has 2 aromatic carbocycles. The predicted molar refractivity (Wildman–Crippen MR) is 84.7 cm³/mol. The lowest BCUT2D eigenvalue weighted by Crippen LogP contribution is -2.13. The Bertz CT molecular complexity index is 867. The Kier molecular flexibility index (Phi) is 5.61. The van der Waals surface area contributed by atoms with E-state index in [0.717, 1.165) is 11.6 Å². The lowest BCUT2D eigenvalue weighted by atomic mass is 10.1. The highest BCUT2D eigenvalue weighted by atomic mass is 17.0. The molecule has 0 atom stereocenters. The van der Waals surface area contributed by atoms with E-state index < -0.39 is 32.5 Å². The first-order chi connectivity index (χ1) is 12.4. The van der Waals surface area contributed by atoms with Crippen molar-refractivity contribution < 1.29 is 29.8 Å². The third-order valence-electron chi connectivity index (χ3n) is 2.87. The van der Waals surface area contributed by atoms with E-state index in [1.165, 1.54) is 12.1 Å². The molecule has 0 amide bonds. The average molecular weight is 363 g/mol. The Morgan fingerprint density at radius 1 is 0.692 bits per heavy atom. The summed E-state index contributed by atoms with van der Waals surface area (Å²) in [6.07, 6.45) is 2.91. The summed E-state index contributed by atoms with van der Waals surface area (Å²) in [6, 6.07) is 10.9. The molecule has 0 aliphatic rings. The van der Waals surface area contributed by atoms with E-state index in [1.807, 2.05) is 0 Å². The van der Waals surface area contributed by atoms with Crippen molar-refractivity contribution in [2.75, 3.05) is 0 Å². The maximum atomic E-state index is 10.7. The fraction of sp³-hybridized carbons (Fsp3) is 0. The van der Waals surface area contributed by atoms with Crippen molar-refractivity contribution in [2.24, 2.45) is 0 Å². The van der Waals surface area contributed by atoms with Crippen molar-refractivity contribution in [3.8, 4) is 17.2 Å². The first-order valence-electron chi connectivity index (χ1n) is 6.74. The summed E-state index contributed by atoms with van der Waals surface area (Å²) in [4.78, 5) is 44.6. The Labute approximate surface area is 144 Å². The van der Waals surface area contributed by atoms with E-state index in [-0.39, 0.29) is 5.56 Å². The van der Waals surface area contributed by atoms with Gasteiger partial charge in [-0.15, -0.1) is 30.3 Å². The summed E-state index contributed by atoms with van der Waals surface area (Å²) in [6.45, 7) is 0. The van der Waals surface area contributed by atoms with Crippen LogP contribution in [-0.2, 0) is 0 Å². The van der Waals surface area contributed by atoms with Crippen LogP contribution in [0.5, 0.6) is 17.2 Å². The Morgan fingerprint density at radius 2 is 1.27 bits per heavy atom. The smallest absolute Gasteiger partial charge is 0.274 e. The second-order valence-electron chi connectivity index (χ2n) is 4.50. The van der Waals surface area contributed by atoms with Crippen molar-refractivity contribution in [3.05, 3.63) is 83.9 Å². The van der Waals surface area contributed by atoms with Crippen LogP contribution in [0.1, 0.15) is 11.1 Å². The summed E-state index contributed by atoms with van der Waals surface area (Å²) in [5.74, 6) is -2.38. The molecule has 12 nitrogen and oxygen atoms in total. The summed E-state index contributed by atoms with van der Waals surface area (Å²) in [5, 5.41) is 28.1. The second-order valence-corrected chi connectivity index (χ2v) is 4.50. The average Bonchev–Trinajstić information content (AvgIpc) is 2.56. The zero-order chi connectivity index (χ0) is 19.1. The Balaban J connectivity index is 2.55. The molecule has 0 unspecified atom stereocenters. The highest BCUT2D eigenvalue weighted by Crippen LogP contribution is 2.41. The predicted octanol–water partition coefficient (Wildman–Crippen LogP) is 2.57. The minimum atomic E-state index is -1.31. The first-order valence-corrected chi connectivity index (χ1v) is 6.74. The van der Waals surface area contributed by atoms with Gasteiger partial charge < -0.3 is 0 Å². The van der Waals surface area contributed by atoms with Gasteiger partial charge in [0.05, 0.1) is 0 Å². The molecule has 0 heterocycles. The molecule has 0 aliphatic heterocycles. The van der Waals surface area contributed by atoms with Crippen LogP contribution in [-0.4, -0.2) is 15.3 Å². The molecule has 26 heavy (non-hydrogen) atoms. The van der Waals surface area contributed by atoms with Crippen LogP contribution in [0.4, 0.5) is 0 Å². The summed E-state index contributed by atoms with van der Waals surface area (Å²) < 4.78 is 0. The van der Waals surface area contributed by atoms with Gasteiger partial charge in [-0.2, -0.15) is 0 Å². The molecule has 0 N–H and O–H groups in total. The minimum Gasteiger partial charge on any atom is -0.274 e. The molecule has 0 aliphatic carbocycles. The van der Waals surface area contributed by atoms with Gasteiger partial charge in [-0.1, -0.05) is 48.6 Å². The molecule has 0 saturated carbocycles. The van der Waals surface area contributed by atoms with Crippen LogP contribution < -0.4 is 14.5 Å². The molecular formula is C14H9N3O9. The molecule has 0 aromatic heterocycles. The lowest BCUT2D eigenvalue weighted by molar-refractivity contribution is -0.727. The number of nitrogens with zero attached hydrogens (tertiary/aromatic N) is 3. The highest BCUT2D eigenvalue weighted by Gasteiger charge is 2.21. The number of hydrogen-bond donors (Lipinski definition) is 0. The van der Waals surface area contributed by atoms with Gasteiger partial charge in [0, 0.05) is 5.56 Å². The highest BCUT2D eigenvalue weighted by molar-refractivity contribution is 5.75. The van der Waals surface area contributed by atoms with Crippen LogP contribution in [0.2, 0.25) is 0 Å². The van der Waals surface area contributed by atoms with Crippen molar-refractivity contribution in [1.29, 1.82) is 0 Å². The van der Waals surface area contributed by atoms with Crippen molar-refractivity contribution >= 4 is 12.2 Å². The van der Waals surface area contributed by atoms with E-state index in [2.05, 4.69) is 14.5 Å². The quantitative estimate of drug-likeness (QED) is 0.390. The van der Waals surface area contributed by atoms with Gasteiger partial charge >= 0.3 is 0 Å². The van der Waals surface area contributed by atoms with Crippen LogP contribution >= 0.6 is 0 Å². The molecule has 12 heteroatoms.